The molecule has 2 aliphatic rings. The van der Waals surface area contributed by atoms with E-state index >= 15 is 0 Å². The molecule has 8 nitrogen and oxygen atoms in total. The van der Waals surface area contributed by atoms with E-state index in [4.69, 9.17) is 14.0 Å². The standard InChI is InChI=1S/C25H38N4O4/c1-18-4-9-21-22(16-18)33-27-25(21)29-14-12-28(13-15-29)11-10-19-5-7-20(8-6-19)26-23(30)17-24(31-2)32-3/h4,9,16,19-20,24H,5-8,10-15,17H2,1-3H3,(H,26,30)/t19-,20-. The maximum absolute atomic E-state index is 12.2. The molecule has 0 atom stereocenters. The van der Waals surface area contributed by atoms with E-state index in [-0.39, 0.29) is 18.4 Å². The number of piperazine rings is 1. The van der Waals surface area contributed by atoms with Crippen molar-refractivity contribution in [2.24, 2.45) is 5.92 Å². The zero-order valence-corrected chi connectivity index (χ0v) is 20.2. The van der Waals surface area contributed by atoms with Crippen molar-refractivity contribution in [1.29, 1.82) is 0 Å². The molecule has 1 N–H and O–H groups in total. The highest BCUT2D eigenvalue weighted by Crippen LogP contribution is 2.29. The topological polar surface area (TPSA) is 80.1 Å². The zero-order valence-electron chi connectivity index (χ0n) is 20.2. The van der Waals surface area contributed by atoms with Gasteiger partial charge in [0.1, 0.15) is 0 Å². The molecule has 2 heterocycles. The Morgan fingerprint density at radius 2 is 1.88 bits per heavy atom. The van der Waals surface area contributed by atoms with Gasteiger partial charge in [-0.15, -0.1) is 0 Å². The molecule has 8 heteroatoms. The van der Waals surface area contributed by atoms with Gasteiger partial charge in [-0.05, 0) is 69.2 Å². The number of benzene rings is 1. The van der Waals surface area contributed by atoms with Gasteiger partial charge in [-0.25, -0.2) is 0 Å². The third-order valence-electron chi connectivity index (χ3n) is 7.22. The van der Waals surface area contributed by atoms with E-state index in [1.807, 2.05) is 0 Å². The fraction of sp³-hybridized carbons (Fsp3) is 0.680. The second-order valence-electron chi connectivity index (χ2n) is 9.51. The summed E-state index contributed by atoms with van der Waals surface area (Å²) >= 11 is 0. The van der Waals surface area contributed by atoms with Crippen LogP contribution >= 0.6 is 0 Å². The van der Waals surface area contributed by atoms with Crippen LogP contribution in [0, 0.1) is 12.8 Å². The van der Waals surface area contributed by atoms with Crippen molar-refractivity contribution in [3.8, 4) is 0 Å². The summed E-state index contributed by atoms with van der Waals surface area (Å²) in [4.78, 5) is 17.1. The van der Waals surface area contributed by atoms with Gasteiger partial charge in [-0.2, -0.15) is 0 Å². The average molecular weight is 459 g/mol. The Morgan fingerprint density at radius 1 is 1.15 bits per heavy atom. The lowest BCUT2D eigenvalue weighted by Gasteiger charge is -2.36. The molecule has 182 valence electrons. The first-order chi connectivity index (χ1) is 16.1. The summed E-state index contributed by atoms with van der Waals surface area (Å²) < 4.78 is 15.8. The van der Waals surface area contributed by atoms with Crippen molar-refractivity contribution in [3.63, 3.8) is 0 Å². The van der Waals surface area contributed by atoms with E-state index in [2.05, 4.69) is 45.4 Å². The quantitative estimate of drug-likeness (QED) is 0.577. The van der Waals surface area contributed by atoms with Crippen LogP contribution in [0.4, 0.5) is 5.82 Å². The number of aryl methyl sites for hydroxylation is 1. The SMILES string of the molecule is COC(CC(=O)N[C@H]1CC[C@H](CCN2CCN(c3noc4cc(C)ccc34)CC2)CC1)OC. The molecule has 4 rings (SSSR count). The summed E-state index contributed by atoms with van der Waals surface area (Å²) in [5, 5.41) is 8.60. The molecule has 0 unspecified atom stereocenters. The van der Waals surface area contributed by atoms with Crippen LogP contribution in [0.15, 0.2) is 22.7 Å². The third kappa shape index (κ3) is 6.25. The van der Waals surface area contributed by atoms with Crippen LogP contribution in [0.5, 0.6) is 0 Å². The fourth-order valence-electron chi connectivity index (χ4n) is 5.10. The summed E-state index contributed by atoms with van der Waals surface area (Å²) in [6.45, 7) is 7.31. The number of rotatable bonds is 9. The van der Waals surface area contributed by atoms with Crippen LogP contribution in [0.25, 0.3) is 11.0 Å². The highest BCUT2D eigenvalue weighted by molar-refractivity contribution is 5.89. The van der Waals surface area contributed by atoms with Gasteiger partial charge in [-0.3, -0.25) is 9.69 Å². The first-order valence-corrected chi connectivity index (χ1v) is 12.2. The van der Waals surface area contributed by atoms with Crippen LogP contribution in [0.3, 0.4) is 0 Å². The molecule has 2 fully saturated rings. The van der Waals surface area contributed by atoms with E-state index in [0.717, 1.165) is 68.3 Å². The molecular formula is C25H38N4O4. The molecule has 1 aromatic heterocycles. The molecule has 1 aliphatic heterocycles. The Labute approximate surface area is 196 Å². The van der Waals surface area contributed by atoms with Crippen molar-refractivity contribution in [3.05, 3.63) is 23.8 Å². The molecule has 1 saturated carbocycles. The number of nitrogens with zero attached hydrogens (tertiary/aromatic N) is 3. The van der Waals surface area contributed by atoms with Gasteiger partial charge in [0.05, 0.1) is 11.8 Å². The Morgan fingerprint density at radius 3 is 2.58 bits per heavy atom. The number of fused-ring (bicyclic) bond motifs is 1. The first kappa shape index (κ1) is 24.0. The van der Waals surface area contributed by atoms with Crippen LogP contribution in [-0.4, -0.2) is 75.2 Å². The molecule has 0 spiro atoms. The third-order valence-corrected chi connectivity index (χ3v) is 7.22. The number of ether oxygens (including phenoxy) is 2. The Kier molecular flexibility index (Phi) is 8.22. The minimum atomic E-state index is -0.464. The smallest absolute Gasteiger partial charge is 0.225 e. The summed E-state index contributed by atoms with van der Waals surface area (Å²) in [6, 6.07) is 6.58. The van der Waals surface area contributed by atoms with Crippen LogP contribution in [0.1, 0.15) is 44.1 Å². The maximum atomic E-state index is 12.2. The van der Waals surface area contributed by atoms with Crippen LogP contribution < -0.4 is 10.2 Å². The molecule has 0 bridgehead atoms. The number of nitrogens with one attached hydrogen (secondary N) is 1. The van der Waals surface area contributed by atoms with E-state index in [1.165, 1.54) is 24.8 Å². The number of anilines is 1. The molecular weight excluding hydrogens is 420 g/mol. The summed E-state index contributed by atoms with van der Waals surface area (Å²) in [5.41, 5.74) is 2.06. The second-order valence-corrected chi connectivity index (χ2v) is 9.51. The minimum Gasteiger partial charge on any atom is -0.355 e. The van der Waals surface area contributed by atoms with Gasteiger partial charge in [0, 0.05) is 46.4 Å². The lowest BCUT2D eigenvalue weighted by atomic mass is 9.84. The summed E-state index contributed by atoms with van der Waals surface area (Å²) in [6.07, 6.45) is 5.53. The van der Waals surface area contributed by atoms with E-state index < -0.39 is 6.29 Å². The van der Waals surface area contributed by atoms with Gasteiger partial charge < -0.3 is 24.2 Å². The second kappa shape index (κ2) is 11.3. The number of amides is 1. The number of carbonyl (C=O) groups excluding carboxylic acids is 1. The summed E-state index contributed by atoms with van der Waals surface area (Å²) in [5.74, 6) is 1.75. The number of methoxy groups -OCH3 is 2. The number of hydrogen-bond acceptors (Lipinski definition) is 7. The van der Waals surface area contributed by atoms with Crippen LogP contribution in [-0.2, 0) is 14.3 Å². The monoisotopic (exact) mass is 458 g/mol. The van der Waals surface area contributed by atoms with Crippen molar-refractivity contribution >= 4 is 22.7 Å². The predicted molar refractivity (Wildman–Crippen MR) is 128 cm³/mol. The number of hydrogen-bond donors (Lipinski definition) is 1. The lowest BCUT2D eigenvalue weighted by molar-refractivity contribution is -0.140. The van der Waals surface area contributed by atoms with E-state index in [1.54, 1.807) is 14.2 Å². The largest absolute Gasteiger partial charge is 0.355 e. The maximum Gasteiger partial charge on any atom is 0.225 e. The highest BCUT2D eigenvalue weighted by atomic mass is 16.7. The normalized spacial score (nSPS) is 22.2. The molecule has 1 saturated heterocycles. The molecule has 1 aliphatic carbocycles. The van der Waals surface area contributed by atoms with Crippen LogP contribution in [0.2, 0.25) is 0 Å². The van der Waals surface area contributed by atoms with Crippen molar-refractivity contribution in [2.45, 2.75) is 57.8 Å². The predicted octanol–water partition coefficient (Wildman–Crippen LogP) is 3.33. The van der Waals surface area contributed by atoms with Gasteiger partial charge in [-0.1, -0.05) is 11.2 Å². The Hall–Kier alpha value is -2.16. The fourth-order valence-corrected chi connectivity index (χ4v) is 5.10. The average Bonchev–Trinajstić information content (AvgIpc) is 3.25. The van der Waals surface area contributed by atoms with Gasteiger partial charge in [0.2, 0.25) is 5.91 Å². The molecule has 1 amide bonds. The zero-order chi connectivity index (χ0) is 23.2. The first-order valence-electron chi connectivity index (χ1n) is 12.2. The molecule has 0 radical (unpaired) electrons. The van der Waals surface area contributed by atoms with E-state index in [9.17, 15) is 4.79 Å². The number of carbonyl (C=O) groups is 1. The molecule has 1 aromatic carbocycles. The van der Waals surface area contributed by atoms with Gasteiger partial charge in [0.25, 0.3) is 0 Å². The minimum absolute atomic E-state index is 0.0139. The molecule has 2 aromatic rings. The van der Waals surface area contributed by atoms with Crippen molar-refractivity contribution in [1.82, 2.24) is 15.4 Å². The number of aromatic nitrogens is 1. The Balaban J connectivity index is 1.15. The summed E-state index contributed by atoms with van der Waals surface area (Å²) in [7, 11) is 3.12. The Bertz CT molecular complexity index is 897. The highest BCUT2D eigenvalue weighted by Gasteiger charge is 2.25. The van der Waals surface area contributed by atoms with Gasteiger partial charge in [0.15, 0.2) is 17.7 Å². The van der Waals surface area contributed by atoms with E-state index in [0.29, 0.717) is 0 Å². The van der Waals surface area contributed by atoms with Crippen molar-refractivity contribution < 1.29 is 18.8 Å². The van der Waals surface area contributed by atoms with Crippen molar-refractivity contribution in [2.75, 3.05) is 51.8 Å². The lowest BCUT2D eigenvalue weighted by Crippen LogP contribution is -2.47. The molecule has 33 heavy (non-hydrogen) atoms. The van der Waals surface area contributed by atoms with Gasteiger partial charge >= 0.3 is 0 Å².